The predicted molar refractivity (Wildman–Crippen MR) is 261 cm³/mol. The Hall–Kier alpha value is -7.61. The van der Waals surface area contributed by atoms with Crippen LogP contribution in [-0.2, 0) is 0 Å². The summed E-state index contributed by atoms with van der Waals surface area (Å²) in [6.07, 6.45) is 5.71. The molecule has 0 radical (unpaired) electrons. The molecule has 1 unspecified atom stereocenters. The molecule has 286 valence electrons. The van der Waals surface area contributed by atoms with Gasteiger partial charge >= 0.3 is 0 Å². The first kappa shape index (κ1) is 35.3. The second kappa shape index (κ2) is 14.3. The van der Waals surface area contributed by atoms with Crippen LogP contribution in [0.25, 0.3) is 116 Å². The lowest BCUT2D eigenvalue weighted by molar-refractivity contribution is 0.773. The Kier molecular flexibility index (Phi) is 8.28. The molecule has 10 aromatic carbocycles. The number of pyridine rings is 1. The first-order chi connectivity index (χ1) is 30.2. The molecule has 1 aliphatic rings. The number of hydrogen-bond donors (Lipinski definition) is 0. The Morgan fingerprint density at radius 1 is 0.410 bits per heavy atom. The molecule has 11 aromatic rings. The van der Waals surface area contributed by atoms with Gasteiger partial charge in [0.15, 0.2) is 0 Å². The summed E-state index contributed by atoms with van der Waals surface area (Å²) in [6, 6.07) is 73.8. The molecule has 0 bridgehead atoms. The van der Waals surface area contributed by atoms with Gasteiger partial charge in [0.25, 0.3) is 0 Å². The molecule has 1 heteroatoms. The van der Waals surface area contributed by atoms with Crippen LogP contribution in [0.15, 0.2) is 206 Å². The van der Waals surface area contributed by atoms with Crippen LogP contribution in [0, 0.1) is 0 Å². The van der Waals surface area contributed by atoms with E-state index in [1.807, 2.05) is 0 Å². The van der Waals surface area contributed by atoms with Gasteiger partial charge < -0.3 is 0 Å². The average Bonchev–Trinajstić information content (AvgIpc) is 3.33. The Morgan fingerprint density at radius 3 is 1.74 bits per heavy atom. The Balaban J connectivity index is 1.06. The van der Waals surface area contributed by atoms with E-state index < -0.39 is 0 Å². The highest BCUT2D eigenvalue weighted by atomic mass is 14.7. The zero-order chi connectivity index (χ0) is 40.4. The van der Waals surface area contributed by atoms with E-state index in [0.29, 0.717) is 5.92 Å². The maximum absolute atomic E-state index is 5.27. The highest BCUT2D eigenvalue weighted by Crippen LogP contribution is 2.47. The molecule has 0 fully saturated rings. The number of nitrogens with zero attached hydrogens (tertiary/aromatic N) is 1. The van der Waals surface area contributed by atoms with E-state index in [0.717, 1.165) is 23.2 Å². The minimum atomic E-state index is 0.464. The van der Waals surface area contributed by atoms with Crippen molar-refractivity contribution in [3.63, 3.8) is 0 Å². The van der Waals surface area contributed by atoms with Gasteiger partial charge in [0.1, 0.15) is 0 Å². The van der Waals surface area contributed by atoms with E-state index in [4.69, 9.17) is 4.98 Å². The number of hydrogen-bond acceptors (Lipinski definition) is 1. The standard InChI is InChI=1S/C60H41N/c1-38-15-13-28-49-45(38)33-34-56-60(49)55(37-57(61-56)40-17-3-2-4-18-40)43-21-14-20-42(36-43)46-31-32-54(48-23-8-7-22-47(46)48)59-52-26-11-9-24-50(52)58(51-25-10-12-27-53(51)59)44-30-29-39-16-5-6-19-41(39)35-44/h2-14,16-38H,15H2,1H3. The lowest BCUT2D eigenvalue weighted by Gasteiger charge is -2.22. The van der Waals surface area contributed by atoms with Crippen LogP contribution in [0.2, 0.25) is 0 Å². The number of benzene rings is 10. The molecule has 0 amide bonds. The third-order valence-electron chi connectivity index (χ3n) is 13.1. The smallest absolute Gasteiger partial charge is 0.0722 e. The maximum Gasteiger partial charge on any atom is 0.0722 e. The number of allylic oxidation sites excluding steroid dienone is 1. The molecule has 1 aliphatic carbocycles. The lowest BCUT2D eigenvalue weighted by Crippen LogP contribution is -2.02. The van der Waals surface area contributed by atoms with Crippen molar-refractivity contribution in [3.8, 4) is 55.8 Å². The van der Waals surface area contributed by atoms with E-state index >= 15 is 0 Å². The fourth-order valence-corrected chi connectivity index (χ4v) is 10.2. The van der Waals surface area contributed by atoms with Crippen molar-refractivity contribution in [2.75, 3.05) is 0 Å². The summed E-state index contributed by atoms with van der Waals surface area (Å²) >= 11 is 0. The van der Waals surface area contributed by atoms with Crippen molar-refractivity contribution in [1.82, 2.24) is 4.98 Å². The molecule has 1 aromatic heterocycles. The molecule has 1 atom stereocenters. The summed E-state index contributed by atoms with van der Waals surface area (Å²) in [5, 5.41) is 11.3. The molecule has 12 rings (SSSR count). The third-order valence-corrected chi connectivity index (χ3v) is 13.1. The van der Waals surface area contributed by atoms with Crippen molar-refractivity contribution in [2.45, 2.75) is 19.3 Å². The molecule has 61 heavy (non-hydrogen) atoms. The first-order valence-corrected chi connectivity index (χ1v) is 21.4. The SMILES string of the molecule is CC1CC=Cc2c1ccc1nc(-c3ccccc3)cc(-c3cccc(-c4ccc(-c5c6ccccc6c(-c6ccc7ccccc7c6)c6ccccc56)c5ccccc45)c3)c21. The second-order valence-electron chi connectivity index (χ2n) is 16.6. The topological polar surface area (TPSA) is 12.9 Å². The molecule has 1 nitrogen and oxygen atoms in total. The van der Waals surface area contributed by atoms with Gasteiger partial charge in [-0.1, -0.05) is 195 Å². The molecule has 0 spiro atoms. The van der Waals surface area contributed by atoms with E-state index in [9.17, 15) is 0 Å². The van der Waals surface area contributed by atoms with Gasteiger partial charge in [-0.3, -0.25) is 0 Å². The minimum Gasteiger partial charge on any atom is -0.248 e. The highest BCUT2D eigenvalue weighted by Gasteiger charge is 2.22. The average molecular weight is 776 g/mol. The normalized spacial score (nSPS) is 13.7. The summed E-state index contributed by atoms with van der Waals surface area (Å²) < 4.78 is 0. The van der Waals surface area contributed by atoms with Gasteiger partial charge in [0, 0.05) is 10.9 Å². The quantitative estimate of drug-likeness (QED) is 0.159. The van der Waals surface area contributed by atoms with Crippen LogP contribution >= 0.6 is 0 Å². The van der Waals surface area contributed by atoms with Crippen LogP contribution in [0.5, 0.6) is 0 Å². The molecular formula is C60H41N. The van der Waals surface area contributed by atoms with E-state index in [1.54, 1.807) is 0 Å². The number of fused-ring (bicyclic) bond motifs is 7. The monoisotopic (exact) mass is 775 g/mol. The number of rotatable bonds is 5. The summed E-state index contributed by atoms with van der Waals surface area (Å²) in [7, 11) is 0. The van der Waals surface area contributed by atoms with Gasteiger partial charge in [-0.05, 0) is 135 Å². The van der Waals surface area contributed by atoms with Crippen LogP contribution in [0.1, 0.15) is 30.4 Å². The fourth-order valence-electron chi connectivity index (χ4n) is 10.2. The Bertz CT molecular complexity index is 3520. The molecule has 1 heterocycles. The largest absolute Gasteiger partial charge is 0.248 e. The van der Waals surface area contributed by atoms with Crippen molar-refractivity contribution in [1.29, 1.82) is 0 Å². The van der Waals surface area contributed by atoms with Crippen molar-refractivity contribution >= 4 is 60.1 Å². The van der Waals surface area contributed by atoms with Crippen molar-refractivity contribution in [2.24, 2.45) is 0 Å². The summed E-state index contributed by atoms with van der Waals surface area (Å²) in [5.74, 6) is 0.464. The maximum atomic E-state index is 5.27. The summed E-state index contributed by atoms with van der Waals surface area (Å²) in [4.78, 5) is 5.27. The fraction of sp³-hybridized carbons (Fsp3) is 0.0500. The number of aromatic nitrogens is 1. The lowest BCUT2D eigenvalue weighted by atomic mass is 9.83. The zero-order valence-corrected chi connectivity index (χ0v) is 33.9. The highest BCUT2D eigenvalue weighted by molar-refractivity contribution is 6.24. The van der Waals surface area contributed by atoms with Gasteiger partial charge in [-0.2, -0.15) is 0 Å². The van der Waals surface area contributed by atoms with Crippen LogP contribution in [-0.4, -0.2) is 4.98 Å². The first-order valence-electron chi connectivity index (χ1n) is 21.4. The van der Waals surface area contributed by atoms with Gasteiger partial charge in [0.2, 0.25) is 0 Å². The third kappa shape index (κ3) is 5.80. The van der Waals surface area contributed by atoms with Crippen LogP contribution in [0.3, 0.4) is 0 Å². The zero-order valence-electron chi connectivity index (χ0n) is 33.9. The summed E-state index contributed by atoms with van der Waals surface area (Å²) in [5.41, 5.74) is 15.7. The van der Waals surface area contributed by atoms with Crippen LogP contribution < -0.4 is 0 Å². The second-order valence-corrected chi connectivity index (χ2v) is 16.6. The minimum absolute atomic E-state index is 0.464. The molecule has 0 aliphatic heterocycles. The van der Waals surface area contributed by atoms with E-state index in [2.05, 4.69) is 219 Å². The molecule has 0 saturated carbocycles. The van der Waals surface area contributed by atoms with E-state index in [1.165, 1.54) is 104 Å². The van der Waals surface area contributed by atoms with Gasteiger partial charge in [-0.25, -0.2) is 4.98 Å². The van der Waals surface area contributed by atoms with Crippen LogP contribution in [0.4, 0.5) is 0 Å². The van der Waals surface area contributed by atoms with E-state index in [-0.39, 0.29) is 0 Å². The Morgan fingerprint density at radius 2 is 1.00 bits per heavy atom. The van der Waals surface area contributed by atoms with Crippen molar-refractivity contribution in [3.05, 3.63) is 217 Å². The summed E-state index contributed by atoms with van der Waals surface area (Å²) in [6.45, 7) is 2.33. The molecule has 0 N–H and O–H groups in total. The van der Waals surface area contributed by atoms with Gasteiger partial charge in [-0.15, -0.1) is 0 Å². The Labute approximate surface area is 355 Å². The molecular weight excluding hydrogens is 735 g/mol. The predicted octanol–water partition coefficient (Wildman–Crippen LogP) is 16.7. The van der Waals surface area contributed by atoms with Gasteiger partial charge in [0.05, 0.1) is 11.2 Å². The van der Waals surface area contributed by atoms with Crippen molar-refractivity contribution < 1.29 is 0 Å². The molecule has 0 saturated heterocycles.